The Morgan fingerprint density at radius 3 is 2.39 bits per heavy atom. The second kappa shape index (κ2) is 9.60. The number of fused-ring (bicyclic) bond motifs is 1. The Hall–Kier alpha value is -2.07. The molecule has 3 rings (SSSR count). The van der Waals surface area contributed by atoms with Crippen molar-refractivity contribution in [1.82, 2.24) is 4.98 Å². The van der Waals surface area contributed by atoms with E-state index >= 15 is 0 Å². The summed E-state index contributed by atoms with van der Waals surface area (Å²) in [5.74, 6) is -0.979. The number of carboxylic acid groups (broad SMARTS) is 1. The summed E-state index contributed by atoms with van der Waals surface area (Å²) in [6.07, 6.45) is 0.266. The zero-order valence-electron chi connectivity index (χ0n) is 17.3. The summed E-state index contributed by atoms with van der Waals surface area (Å²) in [7, 11) is 0. The molecule has 2 aromatic carbocycles. The van der Waals surface area contributed by atoms with Gasteiger partial charge in [0, 0.05) is 0 Å². The van der Waals surface area contributed by atoms with Crippen LogP contribution in [0.2, 0.25) is 14.8 Å². The summed E-state index contributed by atoms with van der Waals surface area (Å²) in [4.78, 5) is 28.5. The Kier molecular flexibility index (Phi) is 7.31. The summed E-state index contributed by atoms with van der Waals surface area (Å²) in [5, 5.41) is 11.5. The van der Waals surface area contributed by atoms with Gasteiger partial charge in [-0.25, -0.2) is 0 Å². The minimum atomic E-state index is -1.48. The molecule has 1 unspecified atom stereocenters. The van der Waals surface area contributed by atoms with Crippen LogP contribution in [-0.4, -0.2) is 42.2 Å². The van der Waals surface area contributed by atoms with E-state index in [1.165, 1.54) is 0 Å². The standard InChI is InChI=1S/C23H22AsCl2NO4/c1-23(2,3)31-22(30)24-15(21(28)29)12-13-7-9-18-14(11-13)8-10-19(27-18)20-16(25)5-4-6-17(20)26/h4-11,15,24H,12H2,1-3H3,(H,28,29)/t15-/m1/s1. The molecule has 31 heavy (non-hydrogen) atoms. The molecule has 1 aromatic heterocycles. The molecule has 5 nitrogen and oxygen atoms in total. The number of carboxylic acids is 1. The molecule has 2 atom stereocenters. The first kappa shape index (κ1) is 23.6. The fourth-order valence-electron chi connectivity index (χ4n) is 3.07. The number of aromatic nitrogens is 1. The molecule has 0 aliphatic carbocycles. The first-order chi connectivity index (χ1) is 14.5. The van der Waals surface area contributed by atoms with E-state index < -0.39 is 36.8 Å². The van der Waals surface area contributed by atoms with Crippen molar-refractivity contribution in [3.8, 4) is 11.3 Å². The van der Waals surface area contributed by atoms with E-state index in [-0.39, 0.29) is 6.42 Å². The molecular weight excluding hydrogens is 500 g/mol. The molecule has 0 bridgehead atoms. The fourth-order valence-corrected chi connectivity index (χ4v) is 5.99. The van der Waals surface area contributed by atoms with Crippen LogP contribution in [0.1, 0.15) is 26.3 Å². The first-order valence-electron chi connectivity index (χ1n) is 9.60. The van der Waals surface area contributed by atoms with Crippen LogP contribution in [0.4, 0.5) is 4.79 Å². The van der Waals surface area contributed by atoms with Crippen LogP contribution in [0.15, 0.2) is 48.5 Å². The molecule has 1 N–H and O–H groups in total. The van der Waals surface area contributed by atoms with Gasteiger partial charge in [-0.15, -0.1) is 0 Å². The third-order valence-corrected chi connectivity index (χ3v) is 7.42. The van der Waals surface area contributed by atoms with Crippen LogP contribution in [0.25, 0.3) is 22.2 Å². The average Bonchev–Trinajstić information content (AvgIpc) is 2.65. The molecule has 8 heteroatoms. The second-order valence-corrected chi connectivity index (χ2v) is 11.8. The monoisotopic (exact) mass is 521 g/mol. The fraction of sp³-hybridized carbons (Fsp3) is 0.261. The van der Waals surface area contributed by atoms with Gasteiger partial charge in [0.25, 0.3) is 0 Å². The number of halogens is 2. The van der Waals surface area contributed by atoms with Gasteiger partial charge < -0.3 is 0 Å². The van der Waals surface area contributed by atoms with Crippen molar-refractivity contribution in [1.29, 1.82) is 0 Å². The van der Waals surface area contributed by atoms with Gasteiger partial charge in [0.15, 0.2) is 0 Å². The number of aliphatic carboxylic acids is 1. The van der Waals surface area contributed by atoms with Crippen molar-refractivity contribution in [3.05, 3.63) is 64.1 Å². The van der Waals surface area contributed by atoms with Gasteiger partial charge in [-0.1, -0.05) is 0 Å². The van der Waals surface area contributed by atoms with Crippen molar-refractivity contribution in [2.24, 2.45) is 0 Å². The molecule has 0 aliphatic rings. The van der Waals surface area contributed by atoms with Gasteiger partial charge in [-0.3, -0.25) is 0 Å². The molecule has 0 aliphatic heterocycles. The van der Waals surface area contributed by atoms with Crippen molar-refractivity contribution in [2.45, 2.75) is 37.5 Å². The van der Waals surface area contributed by atoms with Gasteiger partial charge in [0.2, 0.25) is 0 Å². The summed E-state index contributed by atoms with van der Waals surface area (Å²) >= 11 is 11.1. The summed E-state index contributed by atoms with van der Waals surface area (Å²) < 4.78 is 4.17. The zero-order valence-corrected chi connectivity index (χ0v) is 20.9. The van der Waals surface area contributed by atoms with Gasteiger partial charge in [-0.2, -0.15) is 0 Å². The molecule has 1 heterocycles. The Morgan fingerprint density at radius 2 is 1.77 bits per heavy atom. The Bertz CT molecular complexity index is 1120. The maximum atomic E-state index is 12.1. The number of hydrogen-bond acceptors (Lipinski definition) is 4. The zero-order chi connectivity index (χ0) is 22.8. The molecular formula is C23H22AsCl2NO4. The number of nitrogens with zero attached hydrogens (tertiary/aromatic N) is 1. The van der Waals surface area contributed by atoms with Gasteiger partial charge >= 0.3 is 198 Å². The van der Waals surface area contributed by atoms with Crippen LogP contribution in [0, 0.1) is 0 Å². The number of pyridine rings is 1. The predicted octanol–water partition coefficient (Wildman–Crippen LogP) is 6.00. The summed E-state index contributed by atoms with van der Waals surface area (Å²) in [5.41, 5.74) is 2.28. The van der Waals surface area contributed by atoms with Crippen LogP contribution >= 0.6 is 23.2 Å². The SMILES string of the molecule is CC(C)(C)OC(=O)[AsH][C@H](Cc1ccc2nc(-c3c(Cl)cccc3Cl)ccc2c1)C(=O)O. The normalized spacial score (nSPS) is 12.9. The predicted molar refractivity (Wildman–Crippen MR) is 126 cm³/mol. The van der Waals surface area contributed by atoms with E-state index in [1.807, 2.05) is 30.3 Å². The molecule has 0 spiro atoms. The van der Waals surface area contributed by atoms with E-state index in [1.54, 1.807) is 39.0 Å². The van der Waals surface area contributed by atoms with E-state index in [2.05, 4.69) is 4.98 Å². The third kappa shape index (κ3) is 6.22. The van der Waals surface area contributed by atoms with Crippen LogP contribution in [-0.2, 0) is 16.0 Å². The minimum absolute atomic E-state index is 0.266. The van der Waals surface area contributed by atoms with E-state index in [4.69, 9.17) is 27.9 Å². The molecule has 0 radical (unpaired) electrons. The Balaban J connectivity index is 1.83. The molecule has 162 valence electrons. The van der Waals surface area contributed by atoms with Crippen LogP contribution in [0.3, 0.4) is 0 Å². The van der Waals surface area contributed by atoms with E-state index in [0.717, 1.165) is 16.5 Å². The molecule has 0 amide bonds. The number of ether oxygens (including phenoxy) is 1. The van der Waals surface area contributed by atoms with Gasteiger partial charge in [-0.05, 0) is 0 Å². The van der Waals surface area contributed by atoms with Gasteiger partial charge in [0.1, 0.15) is 0 Å². The summed E-state index contributed by atoms with van der Waals surface area (Å²) in [6.45, 7) is 5.31. The number of carbonyl (C=O) groups is 2. The molecule has 0 saturated carbocycles. The maximum absolute atomic E-state index is 12.1. The third-order valence-electron chi connectivity index (χ3n) is 4.40. The van der Waals surface area contributed by atoms with Crippen molar-refractivity contribution in [3.63, 3.8) is 0 Å². The van der Waals surface area contributed by atoms with Crippen LogP contribution < -0.4 is 0 Å². The van der Waals surface area contributed by atoms with E-state index in [0.29, 0.717) is 21.3 Å². The molecule has 0 saturated heterocycles. The number of hydrogen-bond donors (Lipinski definition) is 1. The van der Waals surface area contributed by atoms with E-state index in [9.17, 15) is 14.7 Å². The number of rotatable bonds is 6. The quantitative estimate of drug-likeness (QED) is 0.403. The first-order valence-corrected chi connectivity index (χ1v) is 12.6. The van der Waals surface area contributed by atoms with Crippen molar-refractivity contribution >= 4 is 60.6 Å². The second-order valence-electron chi connectivity index (χ2n) is 8.06. The van der Waals surface area contributed by atoms with Gasteiger partial charge in [0.05, 0.1) is 0 Å². The molecule has 3 aromatic rings. The summed E-state index contributed by atoms with van der Waals surface area (Å²) in [6, 6.07) is 14.6. The Morgan fingerprint density at radius 1 is 1.10 bits per heavy atom. The van der Waals surface area contributed by atoms with Crippen molar-refractivity contribution in [2.75, 3.05) is 0 Å². The number of carbonyl (C=O) groups excluding carboxylic acids is 1. The van der Waals surface area contributed by atoms with Crippen molar-refractivity contribution < 1.29 is 19.4 Å². The van der Waals surface area contributed by atoms with Crippen LogP contribution in [0.5, 0.6) is 0 Å². The molecule has 0 fully saturated rings. The number of benzene rings is 2. The Labute approximate surface area is 197 Å². The average molecular weight is 522 g/mol. The topological polar surface area (TPSA) is 76.5 Å².